The molecule has 2 aromatic rings. The molecule has 7 nitrogen and oxygen atoms in total. The van der Waals surface area contributed by atoms with Crippen LogP contribution < -0.4 is 20.3 Å². The van der Waals surface area contributed by atoms with Crippen LogP contribution in [0.4, 0.5) is 11.4 Å². The molecule has 0 saturated carbocycles. The Labute approximate surface area is 207 Å². The summed E-state index contributed by atoms with van der Waals surface area (Å²) in [6, 6.07) is 14.9. The molecule has 0 aliphatic carbocycles. The zero-order valence-electron chi connectivity index (χ0n) is 20.2. The van der Waals surface area contributed by atoms with Gasteiger partial charge in [-0.15, -0.1) is 0 Å². The molecule has 0 radical (unpaired) electrons. The molecular formula is C26H34N4O3S. The van der Waals surface area contributed by atoms with Crippen molar-refractivity contribution in [2.75, 3.05) is 43.0 Å². The Morgan fingerprint density at radius 2 is 1.65 bits per heavy atom. The molecule has 2 amide bonds. The zero-order chi connectivity index (χ0) is 24.5. The maximum absolute atomic E-state index is 12.5. The SMILES string of the molecule is CCCC(=O)N1CCN(c2ccc(NC(=S)NC(=O)c3ccc(OCC(C)C)cc3)cc2)CC1. The Kier molecular flexibility index (Phi) is 9.27. The number of piperazine rings is 1. The molecule has 1 fully saturated rings. The number of nitrogens with one attached hydrogen (secondary N) is 2. The summed E-state index contributed by atoms with van der Waals surface area (Å²) >= 11 is 5.31. The van der Waals surface area contributed by atoms with Crippen molar-refractivity contribution in [2.45, 2.75) is 33.6 Å². The van der Waals surface area contributed by atoms with E-state index in [0.29, 0.717) is 24.5 Å². The lowest BCUT2D eigenvalue weighted by Gasteiger charge is -2.36. The minimum atomic E-state index is -0.278. The standard InChI is InChI=1S/C26H34N4O3S/c1-4-5-24(31)30-16-14-29(15-17-30)22-10-8-21(9-11-22)27-26(34)28-25(32)20-6-12-23(13-7-20)33-18-19(2)3/h6-13,19H,4-5,14-18H2,1-3H3,(H2,27,28,32,34). The highest BCUT2D eigenvalue weighted by molar-refractivity contribution is 7.80. The number of nitrogens with zero attached hydrogens (tertiary/aromatic N) is 2. The first kappa shape index (κ1) is 25.5. The van der Waals surface area contributed by atoms with Crippen molar-refractivity contribution >= 4 is 40.5 Å². The number of ether oxygens (including phenoxy) is 1. The molecule has 34 heavy (non-hydrogen) atoms. The van der Waals surface area contributed by atoms with Crippen LogP contribution in [0.5, 0.6) is 5.75 Å². The monoisotopic (exact) mass is 482 g/mol. The lowest BCUT2D eigenvalue weighted by molar-refractivity contribution is -0.131. The fourth-order valence-corrected chi connectivity index (χ4v) is 3.86. The first-order valence-electron chi connectivity index (χ1n) is 11.8. The number of amides is 2. The van der Waals surface area contributed by atoms with Gasteiger partial charge in [0.15, 0.2) is 5.11 Å². The molecular weight excluding hydrogens is 448 g/mol. The van der Waals surface area contributed by atoms with Crippen LogP contribution in [0.2, 0.25) is 0 Å². The summed E-state index contributed by atoms with van der Waals surface area (Å²) in [5, 5.41) is 6.00. The molecule has 1 aliphatic rings. The van der Waals surface area contributed by atoms with E-state index in [1.54, 1.807) is 24.3 Å². The lowest BCUT2D eigenvalue weighted by atomic mass is 10.2. The molecule has 8 heteroatoms. The van der Waals surface area contributed by atoms with E-state index in [1.165, 1.54) is 0 Å². The molecule has 0 aromatic heterocycles. The summed E-state index contributed by atoms with van der Waals surface area (Å²) < 4.78 is 5.65. The smallest absolute Gasteiger partial charge is 0.257 e. The van der Waals surface area contributed by atoms with E-state index in [4.69, 9.17) is 17.0 Å². The van der Waals surface area contributed by atoms with Crippen molar-refractivity contribution < 1.29 is 14.3 Å². The van der Waals surface area contributed by atoms with Gasteiger partial charge >= 0.3 is 0 Å². The third-order valence-corrected chi connectivity index (χ3v) is 5.72. The maximum atomic E-state index is 12.5. The van der Waals surface area contributed by atoms with E-state index in [9.17, 15) is 9.59 Å². The van der Waals surface area contributed by atoms with E-state index in [-0.39, 0.29) is 16.9 Å². The molecule has 0 spiro atoms. The van der Waals surface area contributed by atoms with Gasteiger partial charge in [-0.2, -0.15) is 0 Å². The summed E-state index contributed by atoms with van der Waals surface area (Å²) in [6.45, 7) is 9.97. The summed E-state index contributed by atoms with van der Waals surface area (Å²) in [5.41, 5.74) is 2.40. The highest BCUT2D eigenvalue weighted by Crippen LogP contribution is 2.20. The first-order valence-corrected chi connectivity index (χ1v) is 12.2. The van der Waals surface area contributed by atoms with Crippen molar-refractivity contribution in [3.8, 4) is 5.75 Å². The number of benzene rings is 2. The number of carbonyl (C=O) groups is 2. The van der Waals surface area contributed by atoms with Crippen LogP contribution in [0.15, 0.2) is 48.5 Å². The minimum absolute atomic E-state index is 0.237. The molecule has 3 rings (SSSR count). The van der Waals surface area contributed by atoms with Crippen LogP contribution in [-0.4, -0.2) is 54.6 Å². The van der Waals surface area contributed by atoms with Gasteiger partial charge < -0.3 is 19.9 Å². The van der Waals surface area contributed by atoms with Crippen LogP contribution in [-0.2, 0) is 4.79 Å². The van der Waals surface area contributed by atoms with Gasteiger partial charge in [0.25, 0.3) is 5.91 Å². The minimum Gasteiger partial charge on any atom is -0.493 e. The average Bonchev–Trinajstić information content (AvgIpc) is 2.83. The van der Waals surface area contributed by atoms with Crippen molar-refractivity contribution in [1.82, 2.24) is 10.2 Å². The maximum Gasteiger partial charge on any atom is 0.257 e. The fourth-order valence-electron chi connectivity index (χ4n) is 3.64. The van der Waals surface area contributed by atoms with Gasteiger partial charge in [0, 0.05) is 49.5 Å². The molecule has 0 bridgehead atoms. The van der Waals surface area contributed by atoms with Crippen LogP contribution >= 0.6 is 12.2 Å². The Morgan fingerprint density at radius 3 is 2.24 bits per heavy atom. The molecule has 2 aromatic carbocycles. The number of rotatable bonds is 8. The quantitative estimate of drug-likeness (QED) is 0.547. The fraction of sp³-hybridized carbons (Fsp3) is 0.423. The average molecular weight is 483 g/mol. The number of hydrogen-bond donors (Lipinski definition) is 2. The topological polar surface area (TPSA) is 73.9 Å². The van der Waals surface area contributed by atoms with E-state index >= 15 is 0 Å². The highest BCUT2D eigenvalue weighted by Gasteiger charge is 2.20. The van der Waals surface area contributed by atoms with Crippen molar-refractivity contribution in [2.24, 2.45) is 5.92 Å². The van der Waals surface area contributed by atoms with Gasteiger partial charge in [-0.1, -0.05) is 20.8 Å². The summed E-state index contributed by atoms with van der Waals surface area (Å²) in [4.78, 5) is 28.8. The van der Waals surface area contributed by atoms with Crippen molar-refractivity contribution in [3.63, 3.8) is 0 Å². The summed E-state index contributed by atoms with van der Waals surface area (Å²) in [6.07, 6.45) is 1.50. The first-order chi connectivity index (χ1) is 16.4. The predicted octanol–water partition coefficient (Wildman–Crippen LogP) is 4.30. The van der Waals surface area contributed by atoms with Crippen LogP contribution in [0.1, 0.15) is 44.0 Å². The van der Waals surface area contributed by atoms with E-state index in [2.05, 4.69) is 29.4 Å². The second-order valence-corrected chi connectivity index (χ2v) is 9.21. The Bertz CT molecular complexity index is 969. The Morgan fingerprint density at radius 1 is 1.00 bits per heavy atom. The van der Waals surface area contributed by atoms with E-state index in [0.717, 1.165) is 49.7 Å². The van der Waals surface area contributed by atoms with Crippen molar-refractivity contribution in [3.05, 3.63) is 54.1 Å². The highest BCUT2D eigenvalue weighted by atomic mass is 32.1. The second kappa shape index (κ2) is 12.4. The summed E-state index contributed by atoms with van der Waals surface area (Å²) in [5.74, 6) is 1.14. The third kappa shape index (κ3) is 7.45. The van der Waals surface area contributed by atoms with Gasteiger partial charge in [0.2, 0.25) is 5.91 Å². The van der Waals surface area contributed by atoms with Crippen molar-refractivity contribution in [1.29, 1.82) is 0 Å². The number of anilines is 2. The second-order valence-electron chi connectivity index (χ2n) is 8.80. The van der Waals surface area contributed by atoms with Crippen LogP contribution in [0, 0.1) is 5.92 Å². The molecule has 1 aliphatic heterocycles. The van der Waals surface area contributed by atoms with Gasteiger partial charge in [-0.25, -0.2) is 0 Å². The molecule has 1 saturated heterocycles. The van der Waals surface area contributed by atoms with Gasteiger partial charge in [0.1, 0.15) is 5.75 Å². The molecule has 0 atom stereocenters. The van der Waals surface area contributed by atoms with Gasteiger partial charge in [-0.05, 0) is 73.1 Å². The molecule has 1 heterocycles. The molecule has 182 valence electrons. The molecule has 2 N–H and O–H groups in total. The largest absolute Gasteiger partial charge is 0.493 e. The molecule has 0 unspecified atom stereocenters. The van der Waals surface area contributed by atoms with Crippen LogP contribution in [0.25, 0.3) is 0 Å². The predicted molar refractivity (Wildman–Crippen MR) is 141 cm³/mol. The lowest BCUT2D eigenvalue weighted by Crippen LogP contribution is -2.48. The zero-order valence-corrected chi connectivity index (χ0v) is 21.0. The Balaban J connectivity index is 1.46. The number of thiocarbonyl (C=S) groups is 1. The van der Waals surface area contributed by atoms with Crippen LogP contribution in [0.3, 0.4) is 0 Å². The van der Waals surface area contributed by atoms with Gasteiger partial charge in [-0.3, -0.25) is 14.9 Å². The normalized spacial score (nSPS) is 13.5. The van der Waals surface area contributed by atoms with E-state index in [1.807, 2.05) is 36.1 Å². The Hall–Kier alpha value is -3.13. The third-order valence-electron chi connectivity index (χ3n) is 5.51. The van der Waals surface area contributed by atoms with Gasteiger partial charge in [0.05, 0.1) is 6.61 Å². The number of carbonyl (C=O) groups excluding carboxylic acids is 2. The number of hydrogen-bond acceptors (Lipinski definition) is 5. The van der Waals surface area contributed by atoms with E-state index < -0.39 is 0 Å². The summed E-state index contributed by atoms with van der Waals surface area (Å²) in [7, 11) is 0.